The molecule has 4 amide bonds. The second-order valence-corrected chi connectivity index (χ2v) is 9.46. The van der Waals surface area contributed by atoms with E-state index in [1.165, 1.54) is 6.42 Å². The van der Waals surface area contributed by atoms with Crippen molar-refractivity contribution < 1.29 is 14.4 Å². The third-order valence-corrected chi connectivity index (χ3v) is 6.41. The first-order valence-corrected chi connectivity index (χ1v) is 12.1. The summed E-state index contributed by atoms with van der Waals surface area (Å²) in [6, 6.07) is 12.1. The van der Waals surface area contributed by atoms with Crippen LogP contribution in [0.15, 0.2) is 42.5 Å². The molecule has 3 rings (SSSR count). The van der Waals surface area contributed by atoms with Gasteiger partial charge in [-0.25, -0.2) is 4.79 Å². The Balaban J connectivity index is 1.51. The number of anilines is 2. The Bertz CT molecular complexity index is 1020. The lowest BCUT2D eigenvalue weighted by atomic mass is 9.94. The Hall–Kier alpha value is -3.06. The second kappa shape index (κ2) is 11.9. The molecule has 0 radical (unpaired) electrons. The third kappa shape index (κ3) is 6.97. The van der Waals surface area contributed by atoms with E-state index in [2.05, 4.69) is 16.0 Å². The van der Waals surface area contributed by atoms with Crippen LogP contribution in [0.4, 0.5) is 16.2 Å². The van der Waals surface area contributed by atoms with Crippen LogP contribution >= 0.6 is 11.6 Å². The number of carbonyl (C=O) groups is 3. The molecule has 0 heterocycles. The molecule has 7 nitrogen and oxygen atoms in total. The van der Waals surface area contributed by atoms with Crippen molar-refractivity contribution in [3.63, 3.8) is 0 Å². The first-order chi connectivity index (χ1) is 16.2. The highest BCUT2D eigenvalue weighted by Gasteiger charge is 2.24. The number of nitrogens with one attached hydrogen (secondary N) is 3. The van der Waals surface area contributed by atoms with Crippen molar-refractivity contribution in [2.24, 2.45) is 5.92 Å². The van der Waals surface area contributed by atoms with Crippen molar-refractivity contribution in [1.29, 1.82) is 0 Å². The van der Waals surface area contributed by atoms with Crippen LogP contribution in [-0.4, -0.2) is 35.8 Å². The third-order valence-electron chi connectivity index (χ3n) is 6.10. The molecule has 1 saturated carbocycles. The lowest BCUT2D eigenvalue weighted by molar-refractivity contribution is -0.118. The number of halogens is 1. The van der Waals surface area contributed by atoms with Gasteiger partial charge in [0.1, 0.15) is 0 Å². The molecule has 0 bridgehead atoms. The molecule has 8 heteroatoms. The maximum Gasteiger partial charge on any atom is 0.319 e. The van der Waals surface area contributed by atoms with Crippen LogP contribution in [0.5, 0.6) is 0 Å². The Morgan fingerprint density at radius 1 is 0.971 bits per heavy atom. The number of rotatable bonds is 7. The van der Waals surface area contributed by atoms with E-state index in [1.807, 2.05) is 33.0 Å². The van der Waals surface area contributed by atoms with Gasteiger partial charge in [-0.1, -0.05) is 56.8 Å². The zero-order valence-electron chi connectivity index (χ0n) is 20.0. The SMILES string of the molecule is CC(C)C(=O)Nc1ccc(CNC(=O)Nc2ccc(C(=O)N(C)C3CCCCC3)c(Cl)c2)cc1. The van der Waals surface area contributed by atoms with E-state index in [-0.39, 0.29) is 29.8 Å². The number of nitrogens with zero attached hydrogens (tertiary/aromatic N) is 1. The predicted octanol–water partition coefficient (Wildman–Crippen LogP) is 5.66. The molecule has 0 aliphatic heterocycles. The quantitative estimate of drug-likeness (QED) is 0.473. The van der Waals surface area contributed by atoms with Gasteiger partial charge in [0.25, 0.3) is 5.91 Å². The van der Waals surface area contributed by atoms with E-state index in [0.29, 0.717) is 28.5 Å². The van der Waals surface area contributed by atoms with Crippen molar-refractivity contribution in [2.45, 2.75) is 58.5 Å². The van der Waals surface area contributed by atoms with E-state index < -0.39 is 0 Å². The maximum atomic E-state index is 12.9. The van der Waals surface area contributed by atoms with Gasteiger partial charge in [-0.3, -0.25) is 9.59 Å². The van der Waals surface area contributed by atoms with Gasteiger partial charge in [0.15, 0.2) is 0 Å². The summed E-state index contributed by atoms with van der Waals surface area (Å²) in [4.78, 5) is 38.8. The van der Waals surface area contributed by atoms with Crippen molar-refractivity contribution in [1.82, 2.24) is 10.2 Å². The van der Waals surface area contributed by atoms with Crippen molar-refractivity contribution in [3.8, 4) is 0 Å². The molecule has 0 aromatic heterocycles. The highest BCUT2D eigenvalue weighted by atomic mass is 35.5. The van der Waals surface area contributed by atoms with E-state index in [9.17, 15) is 14.4 Å². The van der Waals surface area contributed by atoms with Crippen LogP contribution in [-0.2, 0) is 11.3 Å². The van der Waals surface area contributed by atoms with E-state index in [0.717, 1.165) is 31.2 Å². The Morgan fingerprint density at radius 2 is 1.62 bits per heavy atom. The monoisotopic (exact) mass is 484 g/mol. The van der Waals surface area contributed by atoms with Gasteiger partial charge in [-0.2, -0.15) is 0 Å². The van der Waals surface area contributed by atoms with Crippen molar-refractivity contribution >= 4 is 40.8 Å². The Labute approximate surface area is 206 Å². The molecule has 0 spiro atoms. The minimum absolute atomic E-state index is 0.0442. The summed E-state index contributed by atoms with van der Waals surface area (Å²) in [6.07, 6.45) is 5.56. The molecule has 1 aliphatic carbocycles. The van der Waals surface area contributed by atoms with Crippen molar-refractivity contribution in [3.05, 3.63) is 58.6 Å². The number of urea groups is 1. The van der Waals surface area contributed by atoms with Gasteiger partial charge >= 0.3 is 6.03 Å². The summed E-state index contributed by atoms with van der Waals surface area (Å²) in [7, 11) is 1.83. The Morgan fingerprint density at radius 3 is 2.24 bits per heavy atom. The van der Waals surface area contributed by atoms with Crippen LogP contribution in [0.1, 0.15) is 61.9 Å². The van der Waals surface area contributed by atoms with Crippen LogP contribution < -0.4 is 16.0 Å². The minimum Gasteiger partial charge on any atom is -0.339 e. The molecular weight excluding hydrogens is 452 g/mol. The molecule has 0 saturated heterocycles. The molecule has 34 heavy (non-hydrogen) atoms. The van der Waals surface area contributed by atoms with Gasteiger partial charge < -0.3 is 20.9 Å². The van der Waals surface area contributed by atoms with Crippen LogP contribution in [0.25, 0.3) is 0 Å². The molecule has 2 aromatic carbocycles. The second-order valence-electron chi connectivity index (χ2n) is 9.05. The van der Waals surface area contributed by atoms with E-state index >= 15 is 0 Å². The zero-order chi connectivity index (χ0) is 24.7. The topological polar surface area (TPSA) is 90.5 Å². The summed E-state index contributed by atoms with van der Waals surface area (Å²) in [5.41, 5.74) is 2.55. The summed E-state index contributed by atoms with van der Waals surface area (Å²) in [5.74, 6) is -0.235. The Kier molecular flexibility index (Phi) is 8.93. The smallest absolute Gasteiger partial charge is 0.319 e. The molecule has 2 aromatic rings. The average molecular weight is 485 g/mol. The zero-order valence-corrected chi connectivity index (χ0v) is 20.7. The number of benzene rings is 2. The van der Waals surface area contributed by atoms with Crippen LogP contribution in [0.2, 0.25) is 5.02 Å². The van der Waals surface area contributed by atoms with Gasteiger partial charge in [0.2, 0.25) is 5.91 Å². The fourth-order valence-electron chi connectivity index (χ4n) is 3.94. The summed E-state index contributed by atoms with van der Waals surface area (Å²) >= 11 is 6.38. The first kappa shape index (κ1) is 25.6. The van der Waals surface area contributed by atoms with Gasteiger partial charge in [-0.05, 0) is 48.7 Å². The molecule has 1 fully saturated rings. The number of hydrogen-bond acceptors (Lipinski definition) is 3. The summed E-state index contributed by atoms with van der Waals surface area (Å²) in [5, 5.41) is 8.67. The number of carbonyl (C=O) groups excluding carboxylic acids is 3. The average Bonchev–Trinajstić information content (AvgIpc) is 2.83. The molecular formula is C26H33ClN4O3. The summed E-state index contributed by atoms with van der Waals surface area (Å²) < 4.78 is 0. The number of hydrogen-bond donors (Lipinski definition) is 3. The largest absolute Gasteiger partial charge is 0.339 e. The molecule has 3 N–H and O–H groups in total. The normalized spacial score (nSPS) is 13.9. The lowest BCUT2D eigenvalue weighted by Gasteiger charge is -2.31. The molecule has 0 unspecified atom stereocenters. The van der Waals surface area contributed by atoms with E-state index in [4.69, 9.17) is 11.6 Å². The number of amides is 4. The van der Waals surface area contributed by atoms with Crippen molar-refractivity contribution in [2.75, 3.05) is 17.7 Å². The summed E-state index contributed by atoms with van der Waals surface area (Å²) in [6.45, 7) is 3.99. The van der Waals surface area contributed by atoms with Crippen LogP contribution in [0.3, 0.4) is 0 Å². The maximum absolute atomic E-state index is 12.9. The standard InChI is InChI=1S/C26H33ClN4O3/c1-17(2)24(32)29-19-11-9-18(10-12-19)16-28-26(34)30-20-13-14-22(23(27)15-20)25(33)31(3)21-7-5-4-6-8-21/h9-15,17,21H,4-8,16H2,1-3H3,(H,29,32)(H2,28,30,34). The minimum atomic E-state index is -0.383. The molecule has 1 aliphatic rings. The highest BCUT2D eigenvalue weighted by Crippen LogP contribution is 2.26. The van der Waals surface area contributed by atoms with E-state index in [1.54, 1.807) is 35.2 Å². The van der Waals surface area contributed by atoms with Gasteiger partial charge in [0, 0.05) is 36.9 Å². The van der Waals surface area contributed by atoms with Gasteiger partial charge in [-0.15, -0.1) is 0 Å². The fourth-order valence-corrected chi connectivity index (χ4v) is 4.20. The fraction of sp³-hybridized carbons (Fsp3) is 0.423. The molecule has 182 valence electrons. The lowest BCUT2D eigenvalue weighted by Crippen LogP contribution is -2.38. The van der Waals surface area contributed by atoms with Crippen LogP contribution in [0, 0.1) is 5.92 Å². The predicted molar refractivity (Wildman–Crippen MR) is 136 cm³/mol. The van der Waals surface area contributed by atoms with Gasteiger partial charge in [0.05, 0.1) is 10.6 Å². The first-order valence-electron chi connectivity index (χ1n) is 11.8. The highest BCUT2D eigenvalue weighted by molar-refractivity contribution is 6.34. The molecule has 0 atom stereocenters.